The molecule has 36 heavy (non-hydrogen) atoms. The molecule has 1 amide bonds. The van der Waals surface area contributed by atoms with E-state index in [1.807, 2.05) is 25.1 Å². The van der Waals surface area contributed by atoms with E-state index in [9.17, 15) is 9.36 Å². The van der Waals surface area contributed by atoms with E-state index >= 15 is 0 Å². The van der Waals surface area contributed by atoms with Crippen LogP contribution >= 0.6 is 19.2 Å². The van der Waals surface area contributed by atoms with E-state index in [2.05, 4.69) is 31.3 Å². The average Bonchev–Trinajstić information content (AvgIpc) is 3.12. The number of nitrogens with zero attached hydrogens (tertiary/aromatic N) is 4. The molecular formula is C22H32ClN7O5P+. The number of nitrogens with one attached hydrogen (secondary N) is 1. The van der Waals surface area contributed by atoms with Crippen molar-refractivity contribution in [3.05, 3.63) is 34.9 Å². The quantitative estimate of drug-likeness (QED) is 0.131. The molecule has 2 aromatic heterocycles. The van der Waals surface area contributed by atoms with Gasteiger partial charge in [-0.15, -0.1) is 0 Å². The molecule has 3 aromatic rings. The van der Waals surface area contributed by atoms with Crippen molar-refractivity contribution in [3.63, 3.8) is 0 Å². The lowest BCUT2D eigenvalue weighted by molar-refractivity contribution is -0.680. The number of aromatic nitrogens is 4. The predicted octanol–water partition coefficient (Wildman–Crippen LogP) is 2.23. The molecule has 7 N–H and O–H groups in total. The van der Waals surface area contributed by atoms with Crippen LogP contribution in [-0.2, 0) is 24.2 Å². The second-order valence-corrected chi connectivity index (χ2v) is 10.4. The van der Waals surface area contributed by atoms with Crippen molar-refractivity contribution in [3.8, 4) is 5.75 Å². The van der Waals surface area contributed by atoms with Crippen LogP contribution in [0, 0.1) is 0 Å². The van der Waals surface area contributed by atoms with E-state index in [0.29, 0.717) is 12.3 Å². The minimum Gasteiger partial charge on any atom is -0.493 e. The van der Waals surface area contributed by atoms with Gasteiger partial charge in [0.15, 0.2) is 33.5 Å². The first-order valence-electron chi connectivity index (χ1n) is 11.6. The number of unbranched alkanes of at least 4 members (excludes halogenated alkanes) is 1. The number of hydrogen-bond donors (Lipinski definition) is 5. The number of ether oxygens (including phenoxy) is 1. The van der Waals surface area contributed by atoms with Crippen LogP contribution in [0.4, 0.5) is 11.6 Å². The molecule has 2 heterocycles. The number of anilines is 2. The van der Waals surface area contributed by atoms with Crippen LogP contribution in [0.2, 0.25) is 5.15 Å². The molecule has 0 radical (unpaired) electrons. The van der Waals surface area contributed by atoms with Crippen molar-refractivity contribution in [1.82, 2.24) is 19.9 Å². The third-order valence-corrected chi connectivity index (χ3v) is 6.77. The van der Waals surface area contributed by atoms with Crippen molar-refractivity contribution in [2.45, 2.75) is 52.7 Å². The predicted molar refractivity (Wildman–Crippen MR) is 137 cm³/mol. The maximum atomic E-state index is 12.8. The Morgan fingerprint density at radius 3 is 2.64 bits per heavy atom. The fraction of sp³-hybridized carbons (Fsp3) is 0.455. The number of nitrogen functional groups attached to an aromatic ring is 2. The maximum absolute atomic E-state index is 12.8. The Labute approximate surface area is 213 Å². The van der Waals surface area contributed by atoms with Crippen LogP contribution in [0.25, 0.3) is 11.0 Å². The van der Waals surface area contributed by atoms with Gasteiger partial charge in [0, 0.05) is 6.07 Å². The Balaban J connectivity index is 1.88. The number of hydrogen-bond acceptors (Lipinski definition) is 7. The number of halogens is 1. The van der Waals surface area contributed by atoms with Crippen LogP contribution < -0.4 is 26.1 Å². The summed E-state index contributed by atoms with van der Waals surface area (Å²) in [4.78, 5) is 38.7. The van der Waals surface area contributed by atoms with E-state index < -0.39 is 13.5 Å². The SMILES string of the molecule is CCCC[n+]1c(CNC(=O)c2nc(Cl)c(N)nc2N)n(CC)c2cc(OCCCP(=O)(O)O)ccc21. The highest BCUT2D eigenvalue weighted by Crippen LogP contribution is 2.34. The molecule has 12 nitrogen and oxygen atoms in total. The van der Waals surface area contributed by atoms with Crippen molar-refractivity contribution < 1.29 is 28.5 Å². The van der Waals surface area contributed by atoms with Crippen LogP contribution in [-0.4, -0.2) is 43.0 Å². The number of nitrogens with two attached hydrogens (primary N) is 2. The average molecular weight is 541 g/mol. The molecule has 0 aliphatic heterocycles. The Morgan fingerprint density at radius 2 is 1.97 bits per heavy atom. The number of fused-ring (bicyclic) bond motifs is 1. The van der Waals surface area contributed by atoms with Gasteiger partial charge in [0.2, 0.25) is 0 Å². The Hall–Kier alpha value is -2.92. The molecule has 0 spiro atoms. The van der Waals surface area contributed by atoms with Crippen LogP contribution in [0.1, 0.15) is 49.4 Å². The zero-order valence-corrected chi connectivity index (χ0v) is 21.9. The highest BCUT2D eigenvalue weighted by Gasteiger charge is 2.26. The fourth-order valence-corrected chi connectivity index (χ4v) is 4.55. The minimum atomic E-state index is -4.05. The van der Waals surface area contributed by atoms with Crippen molar-refractivity contribution in [1.29, 1.82) is 0 Å². The van der Waals surface area contributed by atoms with Gasteiger partial charge in [-0.3, -0.25) is 9.36 Å². The molecule has 3 rings (SSSR count). The number of rotatable bonds is 12. The molecule has 0 atom stereocenters. The summed E-state index contributed by atoms with van der Waals surface area (Å²) in [6.07, 6.45) is 1.96. The molecule has 0 bridgehead atoms. The number of imidazole rings is 1. The summed E-state index contributed by atoms with van der Waals surface area (Å²) >= 11 is 5.92. The van der Waals surface area contributed by atoms with Gasteiger partial charge in [-0.25, -0.2) is 19.1 Å². The third-order valence-electron chi connectivity index (χ3n) is 5.59. The highest BCUT2D eigenvalue weighted by atomic mass is 35.5. The first kappa shape index (κ1) is 27.7. The second-order valence-electron chi connectivity index (χ2n) is 8.22. The summed E-state index contributed by atoms with van der Waals surface area (Å²) in [5.74, 6) is 0.795. The summed E-state index contributed by atoms with van der Waals surface area (Å²) in [6.45, 7) is 5.89. The van der Waals surface area contributed by atoms with Crippen molar-refractivity contribution in [2.24, 2.45) is 0 Å². The smallest absolute Gasteiger partial charge is 0.325 e. The largest absolute Gasteiger partial charge is 0.493 e. The second kappa shape index (κ2) is 11.9. The first-order valence-corrected chi connectivity index (χ1v) is 13.8. The number of aryl methyl sites for hydroxylation is 2. The summed E-state index contributed by atoms with van der Waals surface area (Å²) in [5, 5.41) is 2.76. The highest BCUT2D eigenvalue weighted by molar-refractivity contribution is 7.51. The van der Waals surface area contributed by atoms with Gasteiger partial charge in [-0.05, 0) is 31.9 Å². The van der Waals surface area contributed by atoms with Crippen molar-refractivity contribution in [2.75, 3.05) is 24.2 Å². The summed E-state index contributed by atoms with van der Waals surface area (Å²) in [6, 6.07) is 5.68. The molecule has 0 aliphatic carbocycles. The molecule has 0 saturated carbocycles. The van der Waals surface area contributed by atoms with Crippen molar-refractivity contribution >= 4 is 47.8 Å². The van der Waals surface area contributed by atoms with Gasteiger partial charge < -0.3 is 31.3 Å². The molecule has 0 fully saturated rings. The van der Waals surface area contributed by atoms with Crippen LogP contribution in [0.5, 0.6) is 5.75 Å². The Morgan fingerprint density at radius 1 is 1.22 bits per heavy atom. The lowest BCUT2D eigenvalue weighted by Gasteiger charge is -2.08. The van der Waals surface area contributed by atoms with Crippen LogP contribution in [0.3, 0.4) is 0 Å². The molecule has 0 saturated heterocycles. The molecular weight excluding hydrogens is 509 g/mol. The van der Waals surface area contributed by atoms with Gasteiger partial charge in [-0.1, -0.05) is 24.9 Å². The fourth-order valence-electron chi connectivity index (χ4n) is 3.88. The van der Waals surface area contributed by atoms with E-state index in [0.717, 1.165) is 36.2 Å². The molecule has 0 aliphatic rings. The van der Waals surface area contributed by atoms with E-state index in [4.69, 9.17) is 37.6 Å². The van der Waals surface area contributed by atoms with E-state index in [1.165, 1.54) is 0 Å². The monoisotopic (exact) mass is 540 g/mol. The number of benzene rings is 1. The molecule has 14 heteroatoms. The normalized spacial score (nSPS) is 11.7. The standard InChI is InChI=1S/C22H31ClN7O5P/c1-3-5-9-30-15-8-7-14(35-10-6-11-36(32,33)34)12-16(15)29(4-2)17(30)13-26-22(31)18-20(24)28-21(25)19(23)27-18/h7-8,12H,3-6,9-11,13H2,1-2H3,(H6-,24,25,26,28,31,32,33,34)/p+1. The van der Waals surface area contributed by atoms with Crippen LogP contribution in [0.15, 0.2) is 18.2 Å². The topological polar surface area (TPSA) is 182 Å². The summed E-state index contributed by atoms with van der Waals surface area (Å²) in [7, 11) is -4.05. The zero-order valence-electron chi connectivity index (χ0n) is 20.3. The van der Waals surface area contributed by atoms with Gasteiger partial charge in [-0.2, -0.15) is 0 Å². The first-order chi connectivity index (χ1) is 17.1. The maximum Gasteiger partial charge on any atom is 0.325 e. The van der Waals surface area contributed by atoms with E-state index in [-0.39, 0.29) is 48.2 Å². The van der Waals surface area contributed by atoms with Gasteiger partial charge >= 0.3 is 7.60 Å². The number of carbonyl (C=O) groups excluding carboxylic acids is 1. The Kier molecular flexibility index (Phi) is 9.13. The third kappa shape index (κ3) is 6.64. The zero-order chi connectivity index (χ0) is 26.5. The molecule has 0 unspecified atom stereocenters. The minimum absolute atomic E-state index is 0.0472. The molecule has 1 aromatic carbocycles. The number of carbonyl (C=O) groups is 1. The van der Waals surface area contributed by atoms with Gasteiger partial charge in [0.25, 0.3) is 11.7 Å². The van der Waals surface area contributed by atoms with Gasteiger partial charge in [0.05, 0.1) is 25.9 Å². The summed E-state index contributed by atoms with van der Waals surface area (Å²) < 4.78 is 21.0. The lowest BCUT2D eigenvalue weighted by Crippen LogP contribution is -2.41. The summed E-state index contributed by atoms with van der Waals surface area (Å²) in [5.41, 5.74) is 13.2. The lowest BCUT2D eigenvalue weighted by atomic mass is 10.2. The Bertz CT molecular complexity index is 1290. The molecule has 196 valence electrons. The van der Waals surface area contributed by atoms with E-state index in [1.54, 1.807) is 0 Å². The number of amides is 1. The van der Waals surface area contributed by atoms with Gasteiger partial charge in [0.1, 0.15) is 12.3 Å².